The van der Waals surface area contributed by atoms with Crippen molar-refractivity contribution in [2.75, 3.05) is 19.6 Å². The average molecular weight is 401 g/mol. The molecule has 1 aromatic carbocycles. The second-order valence-electron chi connectivity index (χ2n) is 8.14. The van der Waals surface area contributed by atoms with Crippen LogP contribution in [0.3, 0.4) is 0 Å². The summed E-state index contributed by atoms with van der Waals surface area (Å²) in [7, 11) is 0. The van der Waals surface area contributed by atoms with Crippen molar-refractivity contribution in [1.29, 1.82) is 0 Å². The zero-order valence-corrected chi connectivity index (χ0v) is 17.6. The molecule has 0 spiro atoms. The molecule has 30 heavy (non-hydrogen) atoms. The maximum atomic E-state index is 13.2. The number of fused-ring (bicyclic) bond motifs is 1. The van der Waals surface area contributed by atoms with Gasteiger partial charge in [0.2, 0.25) is 0 Å². The highest BCUT2D eigenvalue weighted by atomic mass is 16.1. The molecule has 1 amide bonds. The molecule has 2 aromatic heterocycles. The Kier molecular flexibility index (Phi) is 6.19. The molecule has 1 N–H and O–H groups in total. The van der Waals surface area contributed by atoms with Gasteiger partial charge in [-0.3, -0.25) is 14.7 Å². The normalized spacial score (nSPS) is 15.1. The Labute approximate surface area is 177 Å². The molecule has 0 atom stereocenters. The Balaban J connectivity index is 1.53. The number of benzene rings is 1. The average Bonchev–Trinajstić information content (AvgIpc) is 2.78. The number of piperidine rings is 1. The molecule has 0 saturated carbocycles. The lowest BCUT2D eigenvalue weighted by molar-refractivity contribution is 0.0915. The second-order valence-corrected chi connectivity index (χ2v) is 8.14. The predicted octanol–water partition coefficient (Wildman–Crippen LogP) is 4.46. The first-order chi connectivity index (χ1) is 14.6. The third-order valence-corrected chi connectivity index (χ3v) is 5.60. The van der Waals surface area contributed by atoms with Gasteiger partial charge in [-0.05, 0) is 51.0 Å². The second kappa shape index (κ2) is 9.18. The van der Waals surface area contributed by atoms with Crippen molar-refractivity contribution >= 4 is 16.8 Å². The molecule has 5 heteroatoms. The molecule has 5 nitrogen and oxygen atoms in total. The molecule has 1 aliphatic heterocycles. The Bertz CT molecular complexity index is 1050. The number of aromatic nitrogens is 2. The summed E-state index contributed by atoms with van der Waals surface area (Å²) in [6, 6.07) is 13.8. The van der Waals surface area contributed by atoms with E-state index in [9.17, 15) is 4.79 Å². The van der Waals surface area contributed by atoms with Crippen molar-refractivity contribution in [2.24, 2.45) is 0 Å². The van der Waals surface area contributed by atoms with Gasteiger partial charge < -0.3 is 5.32 Å². The molecular weight excluding hydrogens is 372 g/mol. The van der Waals surface area contributed by atoms with Crippen LogP contribution in [0.1, 0.15) is 37.0 Å². The van der Waals surface area contributed by atoms with Gasteiger partial charge >= 0.3 is 0 Å². The predicted molar refractivity (Wildman–Crippen MR) is 121 cm³/mol. The summed E-state index contributed by atoms with van der Waals surface area (Å²) in [4.78, 5) is 24.6. The van der Waals surface area contributed by atoms with E-state index < -0.39 is 0 Å². The topological polar surface area (TPSA) is 58.1 Å². The van der Waals surface area contributed by atoms with Crippen LogP contribution in [0.4, 0.5) is 0 Å². The maximum Gasteiger partial charge on any atom is 0.252 e. The summed E-state index contributed by atoms with van der Waals surface area (Å²) >= 11 is 0. The van der Waals surface area contributed by atoms with E-state index in [2.05, 4.69) is 35.1 Å². The third-order valence-electron chi connectivity index (χ3n) is 5.60. The van der Waals surface area contributed by atoms with Gasteiger partial charge in [0.05, 0.1) is 16.8 Å². The number of carbonyl (C=O) groups excluding carboxylic acids is 1. The Morgan fingerprint density at radius 2 is 1.97 bits per heavy atom. The fourth-order valence-electron chi connectivity index (χ4n) is 3.86. The standard InChI is InChI=1S/C25H28N4O/c1-18(2)9-13-29-14-10-20(11-15-29)27-25(30)22-16-24(19-6-5-12-26-17-19)28-23-8-4-3-7-21(22)23/h3-9,12,16-17,20H,10-11,13-15H2,1-2H3,(H,27,30). The minimum atomic E-state index is -0.0264. The lowest BCUT2D eigenvalue weighted by Gasteiger charge is -2.31. The maximum absolute atomic E-state index is 13.2. The van der Waals surface area contributed by atoms with E-state index in [1.807, 2.05) is 42.5 Å². The van der Waals surface area contributed by atoms with Crippen LogP contribution in [0.5, 0.6) is 0 Å². The quantitative estimate of drug-likeness (QED) is 0.643. The lowest BCUT2D eigenvalue weighted by atomic mass is 10.0. The minimum Gasteiger partial charge on any atom is -0.349 e. The molecule has 0 bridgehead atoms. The molecule has 1 saturated heterocycles. The number of para-hydroxylation sites is 1. The van der Waals surface area contributed by atoms with Crippen LogP contribution >= 0.6 is 0 Å². The Morgan fingerprint density at radius 1 is 1.17 bits per heavy atom. The highest BCUT2D eigenvalue weighted by Crippen LogP contribution is 2.25. The fraction of sp³-hybridized carbons (Fsp3) is 0.320. The Hall–Kier alpha value is -3.05. The van der Waals surface area contributed by atoms with Crippen LogP contribution in [-0.4, -0.2) is 46.5 Å². The molecule has 0 unspecified atom stereocenters. The van der Waals surface area contributed by atoms with Crippen LogP contribution < -0.4 is 5.32 Å². The van der Waals surface area contributed by atoms with Crippen LogP contribution in [0, 0.1) is 0 Å². The van der Waals surface area contributed by atoms with Gasteiger partial charge in [-0.2, -0.15) is 0 Å². The molecule has 0 radical (unpaired) electrons. The number of hydrogen-bond acceptors (Lipinski definition) is 4. The Morgan fingerprint density at radius 3 is 2.70 bits per heavy atom. The number of nitrogens with zero attached hydrogens (tertiary/aromatic N) is 3. The highest BCUT2D eigenvalue weighted by molar-refractivity contribution is 6.07. The van der Waals surface area contributed by atoms with Gasteiger partial charge in [0, 0.05) is 49.0 Å². The lowest BCUT2D eigenvalue weighted by Crippen LogP contribution is -2.44. The zero-order valence-electron chi connectivity index (χ0n) is 17.6. The van der Waals surface area contributed by atoms with E-state index in [1.54, 1.807) is 12.4 Å². The van der Waals surface area contributed by atoms with Crippen LogP contribution in [0.15, 0.2) is 66.5 Å². The number of allylic oxidation sites excluding steroid dienone is 1. The highest BCUT2D eigenvalue weighted by Gasteiger charge is 2.22. The summed E-state index contributed by atoms with van der Waals surface area (Å²) in [6.07, 6.45) is 7.73. The molecule has 1 fully saturated rings. The summed E-state index contributed by atoms with van der Waals surface area (Å²) in [6.45, 7) is 7.27. The van der Waals surface area contributed by atoms with Gasteiger partial charge in [0.1, 0.15) is 0 Å². The molecule has 3 aromatic rings. The molecule has 3 heterocycles. The molecule has 154 valence electrons. The van der Waals surface area contributed by atoms with E-state index in [4.69, 9.17) is 4.98 Å². The van der Waals surface area contributed by atoms with Crippen molar-refractivity contribution in [3.05, 3.63) is 72.1 Å². The molecular formula is C25H28N4O. The van der Waals surface area contributed by atoms with Gasteiger partial charge in [-0.1, -0.05) is 29.8 Å². The van der Waals surface area contributed by atoms with Gasteiger partial charge in [0.25, 0.3) is 5.91 Å². The minimum absolute atomic E-state index is 0.0264. The molecule has 1 aliphatic rings. The van der Waals surface area contributed by atoms with Gasteiger partial charge in [-0.15, -0.1) is 0 Å². The molecule has 4 rings (SSSR count). The van der Waals surface area contributed by atoms with Crippen LogP contribution in [0.2, 0.25) is 0 Å². The fourth-order valence-corrected chi connectivity index (χ4v) is 3.86. The van der Waals surface area contributed by atoms with E-state index in [1.165, 1.54) is 5.57 Å². The van der Waals surface area contributed by atoms with Crippen molar-refractivity contribution in [3.63, 3.8) is 0 Å². The first-order valence-electron chi connectivity index (χ1n) is 10.6. The van der Waals surface area contributed by atoms with Gasteiger partial charge in [0.15, 0.2) is 0 Å². The third kappa shape index (κ3) is 4.74. The molecule has 0 aliphatic carbocycles. The summed E-state index contributed by atoms with van der Waals surface area (Å²) in [5.74, 6) is -0.0264. The number of hydrogen-bond donors (Lipinski definition) is 1. The number of pyridine rings is 2. The van der Waals surface area contributed by atoms with Gasteiger partial charge in [-0.25, -0.2) is 4.98 Å². The first kappa shape index (κ1) is 20.2. The van der Waals surface area contributed by atoms with E-state index in [0.717, 1.165) is 54.6 Å². The number of likely N-dealkylation sites (tertiary alicyclic amines) is 1. The van der Waals surface area contributed by atoms with E-state index in [-0.39, 0.29) is 11.9 Å². The van der Waals surface area contributed by atoms with Crippen LogP contribution in [0.25, 0.3) is 22.2 Å². The number of nitrogens with one attached hydrogen (secondary N) is 1. The van der Waals surface area contributed by atoms with E-state index in [0.29, 0.717) is 5.56 Å². The number of amides is 1. The monoisotopic (exact) mass is 400 g/mol. The van der Waals surface area contributed by atoms with Crippen molar-refractivity contribution in [3.8, 4) is 11.3 Å². The summed E-state index contributed by atoms with van der Waals surface area (Å²) in [5.41, 5.74) is 4.51. The summed E-state index contributed by atoms with van der Waals surface area (Å²) in [5, 5.41) is 4.15. The van der Waals surface area contributed by atoms with Crippen molar-refractivity contribution in [2.45, 2.75) is 32.7 Å². The van der Waals surface area contributed by atoms with Crippen molar-refractivity contribution < 1.29 is 4.79 Å². The van der Waals surface area contributed by atoms with Crippen LogP contribution in [-0.2, 0) is 0 Å². The SMILES string of the molecule is CC(C)=CCN1CCC(NC(=O)c2cc(-c3cccnc3)nc3ccccc23)CC1. The number of carbonyl (C=O) groups is 1. The number of rotatable bonds is 5. The van der Waals surface area contributed by atoms with E-state index >= 15 is 0 Å². The first-order valence-corrected chi connectivity index (χ1v) is 10.6. The smallest absolute Gasteiger partial charge is 0.252 e. The summed E-state index contributed by atoms with van der Waals surface area (Å²) < 4.78 is 0. The zero-order chi connectivity index (χ0) is 20.9. The van der Waals surface area contributed by atoms with Crippen molar-refractivity contribution in [1.82, 2.24) is 20.2 Å². The largest absolute Gasteiger partial charge is 0.349 e.